The van der Waals surface area contributed by atoms with E-state index >= 15 is 0 Å². The number of rotatable bonds is 6. The Morgan fingerprint density at radius 2 is 1.87 bits per heavy atom. The van der Waals surface area contributed by atoms with Gasteiger partial charge < -0.3 is 10.2 Å². The van der Waals surface area contributed by atoms with Gasteiger partial charge in [0.1, 0.15) is 12.0 Å². The van der Waals surface area contributed by atoms with E-state index < -0.39 is 29.9 Å². The Hall–Kier alpha value is -1.92. The number of benzene rings is 1. The molecule has 0 unspecified atom stereocenters. The molecule has 0 amide bonds. The predicted molar refractivity (Wildman–Crippen MR) is 82.0 cm³/mol. The predicted octanol–water partition coefficient (Wildman–Crippen LogP) is 1.02. The summed E-state index contributed by atoms with van der Waals surface area (Å²) >= 11 is 0. The Balaban J connectivity index is 1.89. The molecule has 1 aliphatic rings. The summed E-state index contributed by atoms with van der Waals surface area (Å²) in [5, 5.41) is 19.4. The van der Waals surface area contributed by atoms with E-state index in [4.69, 9.17) is 4.84 Å². The number of carbonyl (C=O) groups is 2. The lowest BCUT2D eigenvalue weighted by atomic mass is 9.79. The van der Waals surface area contributed by atoms with Crippen molar-refractivity contribution in [2.75, 3.05) is 0 Å². The molecule has 0 heterocycles. The van der Waals surface area contributed by atoms with E-state index in [0.717, 1.165) is 18.4 Å². The van der Waals surface area contributed by atoms with Crippen LogP contribution in [0.25, 0.3) is 0 Å². The number of carboxylic acid groups (broad SMARTS) is 1. The number of aliphatic carboxylic acids is 1. The van der Waals surface area contributed by atoms with E-state index in [-0.39, 0.29) is 6.04 Å². The van der Waals surface area contributed by atoms with Gasteiger partial charge in [0, 0.05) is 0 Å². The molecule has 1 aromatic rings. The minimum absolute atomic E-state index is 0.381. The van der Waals surface area contributed by atoms with Crippen molar-refractivity contribution in [3.8, 4) is 0 Å². The van der Waals surface area contributed by atoms with Crippen LogP contribution in [-0.2, 0) is 14.4 Å². The van der Waals surface area contributed by atoms with Gasteiger partial charge in [0.05, 0.1) is 10.7 Å². The van der Waals surface area contributed by atoms with Crippen LogP contribution in [0.2, 0.25) is 0 Å². The van der Waals surface area contributed by atoms with Gasteiger partial charge in [-0.1, -0.05) is 53.5 Å². The molecule has 6 nitrogen and oxygen atoms in total. The Labute approximate surface area is 135 Å². The molecule has 0 bridgehead atoms. The van der Waals surface area contributed by atoms with Gasteiger partial charge in [-0.3, -0.25) is 4.79 Å². The third-order valence-corrected chi connectivity index (χ3v) is 4.42. The SMILES string of the molecule is C[C@@H]([NH2+]OC(=[O+])[C@@H]1CCCC[C@H]1C(=O)O)[C@@H](O)c1ccccc1. The van der Waals surface area contributed by atoms with Gasteiger partial charge >= 0.3 is 11.9 Å². The van der Waals surface area contributed by atoms with Crippen molar-refractivity contribution >= 4 is 11.9 Å². The molecule has 1 aromatic carbocycles. The van der Waals surface area contributed by atoms with Crippen LogP contribution in [0.15, 0.2) is 30.3 Å². The molecule has 6 heteroatoms. The molecule has 1 fully saturated rings. The van der Waals surface area contributed by atoms with Crippen LogP contribution in [0, 0.1) is 11.8 Å². The maximum absolute atomic E-state index is 12.2. The molecule has 1 aliphatic carbocycles. The first-order valence-electron chi connectivity index (χ1n) is 8.00. The first kappa shape index (κ1) is 17.4. The molecule has 0 aliphatic heterocycles. The minimum atomic E-state index is -0.941. The lowest BCUT2D eigenvalue weighted by molar-refractivity contribution is -0.898. The number of carbonyl (C=O) groups excluding carboxylic acids is 1. The molecule has 2 rings (SSSR count). The van der Waals surface area contributed by atoms with Crippen molar-refractivity contribution in [3.05, 3.63) is 35.9 Å². The van der Waals surface area contributed by atoms with Gasteiger partial charge in [-0.05, 0) is 25.3 Å². The van der Waals surface area contributed by atoms with Crippen LogP contribution in [0.4, 0.5) is 0 Å². The Kier molecular flexibility index (Phi) is 6.12. The molecule has 125 valence electrons. The zero-order chi connectivity index (χ0) is 16.8. The van der Waals surface area contributed by atoms with Crippen molar-refractivity contribution in [1.29, 1.82) is 0 Å². The average molecular weight is 322 g/mol. The highest BCUT2D eigenvalue weighted by atomic mass is 16.7. The summed E-state index contributed by atoms with van der Waals surface area (Å²) < 4.78 is 0. The molecule has 4 atom stereocenters. The highest BCUT2D eigenvalue weighted by molar-refractivity contribution is 5.80. The zero-order valence-electron chi connectivity index (χ0n) is 13.2. The second-order valence-corrected chi connectivity index (χ2v) is 6.12. The second-order valence-electron chi connectivity index (χ2n) is 6.12. The molecule has 0 spiro atoms. The maximum Gasteiger partial charge on any atom is 0.642 e. The first-order valence-corrected chi connectivity index (χ1v) is 8.00. The monoisotopic (exact) mass is 322 g/mol. The van der Waals surface area contributed by atoms with Crippen LogP contribution in [0.1, 0.15) is 44.3 Å². The third-order valence-electron chi connectivity index (χ3n) is 4.42. The molecule has 0 aromatic heterocycles. The number of hydrogen-bond donors (Lipinski definition) is 3. The van der Waals surface area contributed by atoms with Gasteiger partial charge in [0.15, 0.2) is 6.04 Å². The largest absolute Gasteiger partial charge is 0.642 e. The van der Waals surface area contributed by atoms with Crippen LogP contribution in [0.3, 0.4) is 0 Å². The lowest BCUT2D eigenvalue weighted by Gasteiger charge is -2.21. The standard InChI is InChI=1S/C17H23NO5/c1-11(15(19)12-7-3-2-4-8-12)18-23-17(22)14-10-6-5-9-13(14)16(20)21/h2-4,7-8,11,13-15,18-19H,5-6,9-10H2,1H3,(H,20,21)/q+1/p+1/t11-,13-,14-,15-/m1/s1. The summed E-state index contributed by atoms with van der Waals surface area (Å²) in [6.45, 7) is 1.75. The number of nitrogens with two attached hydrogens (primary N) is 1. The van der Waals surface area contributed by atoms with E-state index in [2.05, 4.69) is 0 Å². The number of aliphatic hydroxyl groups excluding tert-OH is 1. The van der Waals surface area contributed by atoms with Crippen molar-refractivity contribution < 1.29 is 30.1 Å². The van der Waals surface area contributed by atoms with E-state index in [9.17, 15) is 19.8 Å². The number of hydroxylamine groups is 1. The van der Waals surface area contributed by atoms with Crippen LogP contribution in [0.5, 0.6) is 0 Å². The molecule has 4 N–H and O–H groups in total. The molecule has 1 radical (unpaired) electrons. The normalized spacial score (nSPS) is 23.7. The van der Waals surface area contributed by atoms with E-state index in [1.54, 1.807) is 19.1 Å². The quantitative estimate of drug-likeness (QED) is 0.536. The molecule has 23 heavy (non-hydrogen) atoms. The van der Waals surface area contributed by atoms with Gasteiger partial charge in [-0.25, -0.2) is 0 Å². The maximum atomic E-state index is 12.2. The fourth-order valence-corrected chi connectivity index (χ4v) is 3.00. The van der Waals surface area contributed by atoms with Crippen molar-refractivity contribution in [1.82, 2.24) is 0 Å². The average Bonchev–Trinajstić information content (AvgIpc) is 2.59. The van der Waals surface area contributed by atoms with Gasteiger partial charge in [0.25, 0.3) is 0 Å². The Morgan fingerprint density at radius 3 is 2.48 bits per heavy atom. The van der Waals surface area contributed by atoms with Gasteiger partial charge in [-0.2, -0.15) is 0 Å². The van der Waals surface area contributed by atoms with Crippen LogP contribution < -0.4 is 5.48 Å². The van der Waals surface area contributed by atoms with Gasteiger partial charge in [-0.15, -0.1) is 0 Å². The van der Waals surface area contributed by atoms with Crippen molar-refractivity contribution in [3.63, 3.8) is 0 Å². The molecular formula is C17H24NO5+2. The summed E-state index contributed by atoms with van der Waals surface area (Å²) in [4.78, 5) is 28.6. The molecule has 1 saturated carbocycles. The lowest BCUT2D eigenvalue weighted by Crippen LogP contribution is -2.90. The zero-order valence-corrected chi connectivity index (χ0v) is 13.2. The molecule has 0 saturated heterocycles. The molecular weight excluding hydrogens is 298 g/mol. The van der Waals surface area contributed by atoms with E-state index in [1.165, 1.54) is 5.48 Å². The van der Waals surface area contributed by atoms with E-state index in [1.807, 2.05) is 18.2 Å². The van der Waals surface area contributed by atoms with Crippen LogP contribution in [-0.4, -0.2) is 28.2 Å². The van der Waals surface area contributed by atoms with E-state index in [0.29, 0.717) is 12.8 Å². The number of carboxylic acids is 1. The van der Waals surface area contributed by atoms with Crippen LogP contribution >= 0.6 is 0 Å². The number of quaternary nitrogens is 1. The number of aliphatic hydroxyl groups is 1. The fourth-order valence-electron chi connectivity index (χ4n) is 3.00. The topological polar surface area (TPSA) is 103 Å². The first-order chi connectivity index (χ1) is 11.0. The fraction of sp³-hybridized carbons (Fsp3) is 0.529. The summed E-state index contributed by atoms with van der Waals surface area (Å²) in [6.07, 6.45) is 1.95. The summed E-state index contributed by atoms with van der Waals surface area (Å²) in [6, 6.07) is 8.75. The minimum Gasteiger partial charge on any atom is -0.481 e. The Bertz CT molecular complexity index is 533. The van der Waals surface area contributed by atoms with Crippen molar-refractivity contribution in [2.45, 2.75) is 44.8 Å². The number of hydrogen-bond acceptors (Lipinski definition) is 4. The summed E-state index contributed by atoms with van der Waals surface area (Å²) in [7, 11) is 0. The second kappa shape index (κ2) is 8.08. The van der Waals surface area contributed by atoms with Crippen molar-refractivity contribution in [2.24, 2.45) is 11.8 Å². The Morgan fingerprint density at radius 1 is 1.26 bits per heavy atom. The third kappa shape index (κ3) is 4.53. The summed E-state index contributed by atoms with van der Waals surface area (Å²) in [5.74, 6) is -2.72. The highest BCUT2D eigenvalue weighted by Gasteiger charge is 2.46. The van der Waals surface area contributed by atoms with Gasteiger partial charge in [0.2, 0.25) is 0 Å². The highest BCUT2D eigenvalue weighted by Crippen LogP contribution is 2.30. The smallest absolute Gasteiger partial charge is 0.481 e. The summed E-state index contributed by atoms with van der Waals surface area (Å²) in [5.41, 5.74) is 2.06.